The Kier molecular flexibility index (Phi) is 18.7. The number of carbonyl (C=O) groups excluding carboxylic acids is 1. The number of likely N-dealkylation sites (N-methyl/N-ethyl adjacent to an activating group) is 2. The molecule has 0 spiro atoms. The lowest BCUT2D eigenvalue weighted by Gasteiger charge is -2.10. The molecule has 0 radical (unpaired) electrons. The van der Waals surface area contributed by atoms with Gasteiger partial charge < -0.3 is 16.0 Å². The first-order valence-electron chi connectivity index (χ1n) is 11.4. The largest absolute Gasteiger partial charge is 0.382 e. The highest BCUT2D eigenvalue weighted by Gasteiger charge is 2.16. The van der Waals surface area contributed by atoms with Gasteiger partial charge in [-0.15, -0.1) is 6.58 Å². The lowest BCUT2D eigenvalue weighted by Crippen LogP contribution is -2.31. The molecule has 1 amide bonds. The fraction of sp³-hybridized carbons (Fsp3) is 0.385. The van der Waals surface area contributed by atoms with Crippen LogP contribution < -0.4 is 21.4 Å². The Balaban J connectivity index is 0.000000465. The summed E-state index contributed by atoms with van der Waals surface area (Å²) >= 11 is 0. The molecule has 3 rings (SSSR count). The summed E-state index contributed by atoms with van der Waals surface area (Å²) in [5.74, 6) is 0. The van der Waals surface area contributed by atoms with Crippen LogP contribution in [0.4, 0.5) is 5.69 Å². The highest BCUT2D eigenvalue weighted by atomic mass is 16.1. The van der Waals surface area contributed by atoms with Crippen LogP contribution in [-0.4, -0.2) is 44.6 Å². The second-order valence-corrected chi connectivity index (χ2v) is 6.69. The van der Waals surface area contributed by atoms with Crippen molar-refractivity contribution >= 4 is 12.1 Å². The molecule has 2 aromatic rings. The third-order valence-electron chi connectivity index (χ3n) is 4.34. The lowest BCUT2D eigenvalue weighted by atomic mass is 10.1. The van der Waals surface area contributed by atoms with E-state index < -0.39 is 0 Å². The molecular weight excluding hydrogens is 412 g/mol. The lowest BCUT2D eigenvalue weighted by molar-refractivity contribution is -0.114. The summed E-state index contributed by atoms with van der Waals surface area (Å²) in [5.41, 5.74) is 6.93. The van der Waals surface area contributed by atoms with Crippen molar-refractivity contribution in [3.8, 4) is 6.07 Å². The number of hydrazine groups is 1. The molecule has 0 saturated heterocycles. The van der Waals surface area contributed by atoms with Crippen LogP contribution in [0, 0.1) is 11.3 Å². The summed E-state index contributed by atoms with van der Waals surface area (Å²) in [6.45, 7) is 15.3. The second-order valence-electron chi connectivity index (χ2n) is 6.69. The number of nitrogens with one attached hydrogen (secondary N) is 4. The van der Waals surface area contributed by atoms with Crippen LogP contribution in [0.3, 0.4) is 0 Å². The molecular formula is C26H40N6O. The van der Waals surface area contributed by atoms with E-state index in [1.807, 2.05) is 50.2 Å². The number of hydrogen-bond donors (Lipinski definition) is 4. The number of carbonyl (C=O) groups is 1. The minimum Gasteiger partial charge on any atom is -0.382 e. The van der Waals surface area contributed by atoms with Crippen LogP contribution in [0.2, 0.25) is 0 Å². The highest BCUT2D eigenvalue weighted by molar-refractivity contribution is 5.47. The molecule has 7 heteroatoms. The molecule has 1 heterocycles. The predicted octanol–water partition coefficient (Wildman–Crippen LogP) is 3.66. The van der Waals surface area contributed by atoms with Gasteiger partial charge in [-0.25, -0.2) is 5.01 Å². The van der Waals surface area contributed by atoms with E-state index in [4.69, 9.17) is 5.26 Å². The minimum atomic E-state index is 0.680. The Morgan fingerprint density at radius 1 is 1.06 bits per heavy atom. The number of benzene rings is 2. The van der Waals surface area contributed by atoms with Gasteiger partial charge in [0.25, 0.3) is 0 Å². The monoisotopic (exact) mass is 452 g/mol. The summed E-state index contributed by atoms with van der Waals surface area (Å²) in [6.07, 6.45) is 2.50. The van der Waals surface area contributed by atoms with Gasteiger partial charge in [-0.05, 0) is 49.0 Å². The van der Waals surface area contributed by atoms with Gasteiger partial charge in [0.05, 0.1) is 11.6 Å². The summed E-state index contributed by atoms with van der Waals surface area (Å²) in [4.78, 5) is 10.2. The number of nitrogens with zero attached hydrogens (tertiary/aromatic N) is 2. The zero-order chi connectivity index (χ0) is 24.7. The highest BCUT2D eigenvalue weighted by Crippen LogP contribution is 2.19. The standard InChI is InChI=1S/C10H10N2.C9H10N2O.C5H14N2.C2H6/c1-2-7-12-10-5-3-9(8-11)4-6-10;12-7-10-11-5-8-3-1-2-4-9(8)6-11;1-3-7-5-4-6-2;1-2/h2-6,12H,1,7H2;1-4,7H,5-6H2,(H,10,12);6-7H,3-5H2,1-2H3;1-2H3. The zero-order valence-electron chi connectivity index (χ0n) is 20.5. The molecule has 0 unspecified atom stereocenters. The van der Waals surface area contributed by atoms with Gasteiger partial charge in [0.1, 0.15) is 0 Å². The maximum atomic E-state index is 10.2. The fourth-order valence-electron chi connectivity index (χ4n) is 2.74. The third-order valence-corrected chi connectivity index (χ3v) is 4.34. The Hall–Kier alpha value is -3.18. The molecule has 1 aliphatic rings. The fourth-order valence-corrected chi connectivity index (χ4v) is 2.74. The molecule has 180 valence electrons. The molecule has 0 fully saturated rings. The Labute approximate surface area is 199 Å². The van der Waals surface area contributed by atoms with Crippen LogP contribution >= 0.6 is 0 Å². The second kappa shape index (κ2) is 20.7. The van der Waals surface area contributed by atoms with Crippen molar-refractivity contribution in [1.82, 2.24) is 21.1 Å². The van der Waals surface area contributed by atoms with Gasteiger partial charge in [-0.3, -0.25) is 10.2 Å². The van der Waals surface area contributed by atoms with E-state index in [0.717, 1.165) is 45.0 Å². The maximum Gasteiger partial charge on any atom is 0.221 e. The molecule has 33 heavy (non-hydrogen) atoms. The summed E-state index contributed by atoms with van der Waals surface area (Å²) < 4.78 is 0. The Morgan fingerprint density at radius 3 is 2.12 bits per heavy atom. The zero-order valence-corrected chi connectivity index (χ0v) is 20.5. The molecule has 0 aliphatic carbocycles. The topological polar surface area (TPSA) is 92.2 Å². The van der Waals surface area contributed by atoms with Gasteiger partial charge in [-0.2, -0.15) is 5.26 Å². The average Bonchev–Trinajstić information content (AvgIpc) is 3.28. The average molecular weight is 453 g/mol. The first-order chi connectivity index (χ1) is 16.2. The first-order valence-corrected chi connectivity index (χ1v) is 11.4. The van der Waals surface area contributed by atoms with Crippen LogP contribution in [-0.2, 0) is 17.9 Å². The predicted molar refractivity (Wildman–Crippen MR) is 139 cm³/mol. The van der Waals surface area contributed by atoms with Gasteiger partial charge in [0.2, 0.25) is 6.41 Å². The molecule has 2 aromatic carbocycles. The molecule has 0 atom stereocenters. The molecule has 0 saturated carbocycles. The third kappa shape index (κ3) is 13.8. The van der Waals surface area contributed by atoms with E-state index >= 15 is 0 Å². The number of rotatable bonds is 9. The van der Waals surface area contributed by atoms with E-state index in [-0.39, 0.29) is 0 Å². The number of nitriles is 1. The van der Waals surface area contributed by atoms with Crippen molar-refractivity contribution in [3.63, 3.8) is 0 Å². The molecule has 0 bridgehead atoms. The SMILES string of the molecule is C=CCNc1ccc(C#N)cc1.CC.CCNCCNC.O=CNN1Cc2ccccc2C1. The van der Waals surface area contributed by atoms with Crippen molar-refractivity contribution in [1.29, 1.82) is 5.26 Å². The molecule has 7 nitrogen and oxygen atoms in total. The van der Waals surface area contributed by atoms with Gasteiger partial charge in [-0.1, -0.05) is 51.1 Å². The van der Waals surface area contributed by atoms with E-state index in [9.17, 15) is 4.79 Å². The summed E-state index contributed by atoms with van der Waals surface area (Å²) in [7, 11) is 1.96. The normalized spacial score (nSPS) is 11.0. The Bertz CT molecular complexity index is 772. The summed E-state index contributed by atoms with van der Waals surface area (Å²) in [6, 6.07) is 17.6. The van der Waals surface area contributed by atoms with E-state index in [1.54, 1.807) is 18.2 Å². The van der Waals surface area contributed by atoms with Gasteiger partial charge in [0, 0.05) is 38.4 Å². The number of hydrogen-bond acceptors (Lipinski definition) is 6. The summed E-state index contributed by atoms with van der Waals surface area (Å²) in [5, 5.41) is 19.7. The van der Waals surface area contributed by atoms with Crippen LogP contribution in [0.5, 0.6) is 0 Å². The van der Waals surface area contributed by atoms with Gasteiger partial charge >= 0.3 is 0 Å². The van der Waals surface area contributed by atoms with Gasteiger partial charge in [0.15, 0.2) is 0 Å². The van der Waals surface area contributed by atoms with Crippen molar-refractivity contribution in [2.45, 2.75) is 33.9 Å². The van der Waals surface area contributed by atoms with E-state index in [0.29, 0.717) is 12.0 Å². The van der Waals surface area contributed by atoms with Crippen LogP contribution in [0.15, 0.2) is 61.2 Å². The first kappa shape index (κ1) is 29.8. The van der Waals surface area contributed by atoms with Crippen LogP contribution in [0.25, 0.3) is 0 Å². The van der Waals surface area contributed by atoms with Crippen molar-refractivity contribution in [2.75, 3.05) is 38.5 Å². The quantitative estimate of drug-likeness (QED) is 0.264. The number of fused-ring (bicyclic) bond motifs is 1. The van der Waals surface area contributed by atoms with Crippen molar-refractivity contribution < 1.29 is 4.79 Å². The number of anilines is 1. The molecule has 4 N–H and O–H groups in total. The minimum absolute atomic E-state index is 0.680. The maximum absolute atomic E-state index is 10.2. The smallest absolute Gasteiger partial charge is 0.221 e. The van der Waals surface area contributed by atoms with E-state index in [1.165, 1.54) is 11.1 Å². The molecule has 0 aromatic heterocycles. The van der Waals surface area contributed by atoms with E-state index in [2.05, 4.69) is 53.1 Å². The number of amides is 1. The molecule has 1 aliphatic heterocycles. The van der Waals surface area contributed by atoms with Crippen molar-refractivity contribution in [3.05, 3.63) is 77.9 Å². The van der Waals surface area contributed by atoms with Crippen molar-refractivity contribution in [2.24, 2.45) is 0 Å². The Morgan fingerprint density at radius 2 is 1.67 bits per heavy atom. The van der Waals surface area contributed by atoms with Crippen LogP contribution in [0.1, 0.15) is 37.5 Å².